The molecule has 0 radical (unpaired) electrons. The van der Waals surface area contributed by atoms with Crippen molar-refractivity contribution in [2.24, 2.45) is 5.92 Å². The minimum atomic E-state index is -0.208. The average molecular weight is 461 g/mol. The fourth-order valence-electron chi connectivity index (χ4n) is 4.92. The molecule has 1 aliphatic heterocycles. The van der Waals surface area contributed by atoms with E-state index in [2.05, 4.69) is 16.4 Å². The third-order valence-corrected chi connectivity index (χ3v) is 6.97. The van der Waals surface area contributed by atoms with E-state index in [9.17, 15) is 9.90 Å². The molecule has 3 aromatic rings. The van der Waals surface area contributed by atoms with Crippen molar-refractivity contribution in [2.75, 3.05) is 30.0 Å². The molecule has 34 heavy (non-hydrogen) atoms. The van der Waals surface area contributed by atoms with Crippen molar-refractivity contribution in [3.63, 3.8) is 0 Å². The number of carbonyl (C=O) groups is 1. The number of nitrogens with one attached hydrogen (secondary N) is 1. The van der Waals surface area contributed by atoms with Crippen molar-refractivity contribution >= 4 is 28.4 Å². The fraction of sp³-hybridized carbons (Fsp3) is 0.444. The van der Waals surface area contributed by atoms with Gasteiger partial charge in [-0.2, -0.15) is 4.98 Å². The lowest BCUT2D eigenvalue weighted by Gasteiger charge is -2.30. The molecule has 7 heteroatoms. The van der Waals surface area contributed by atoms with E-state index in [4.69, 9.17) is 9.72 Å². The first-order chi connectivity index (χ1) is 16.7. The number of anilines is 2. The maximum atomic E-state index is 13.8. The summed E-state index contributed by atoms with van der Waals surface area (Å²) in [5.74, 6) is 1.45. The van der Waals surface area contributed by atoms with Gasteiger partial charge in [0.1, 0.15) is 5.82 Å². The van der Waals surface area contributed by atoms with Crippen LogP contribution in [0.15, 0.2) is 54.7 Å². The van der Waals surface area contributed by atoms with Crippen molar-refractivity contribution in [1.29, 1.82) is 0 Å². The number of carbonyl (C=O) groups excluding carboxylic acids is 1. The number of nitrogens with zero attached hydrogens (tertiary/aromatic N) is 3. The van der Waals surface area contributed by atoms with Crippen LogP contribution in [-0.4, -0.2) is 52.9 Å². The van der Waals surface area contributed by atoms with Crippen LogP contribution in [0.25, 0.3) is 10.8 Å². The van der Waals surface area contributed by atoms with E-state index in [1.54, 1.807) is 11.1 Å². The second-order valence-electron chi connectivity index (χ2n) is 9.42. The molecule has 1 aromatic heterocycles. The van der Waals surface area contributed by atoms with Crippen LogP contribution in [-0.2, 0) is 4.74 Å². The lowest BCUT2D eigenvalue weighted by molar-refractivity contribution is 0.0668. The Kier molecular flexibility index (Phi) is 7.02. The molecule has 2 aromatic carbocycles. The first-order valence-electron chi connectivity index (χ1n) is 12.3. The van der Waals surface area contributed by atoms with Crippen LogP contribution in [0, 0.1) is 5.92 Å². The molecular weight excluding hydrogens is 428 g/mol. The van der Waals surface area contributed by atoms with Gasteiger partial charge in [0.25, 0.3) is 5.91 Å². The molecule has 1 amide bonds. The highest BCUT2D eigenvalue weighted by molar-refractivity contribution is 6.07. The maximum Gasteiger partial charge on any atom is 0.259 e. The van der Waals surface area contributed by atoms with Crippen molar-refractivity contribution in [1.82, 2.24) is 9.97 Å². The van der Waals surface area contributed by atoms with Crippen LogP contribution < -0.4 is 10.2 Å². The lowest BCUT2D eigenvalue weighted by atomic mass is 9.93. The summed E-state index contributed by atoms with van der Waals surface area (Å²) in [4.78, 5) is 24.8. The second-order valence-corrected chi connectivity index (χ2v) is 9.42. The Morgan fingerprint density at radius 3 is 2.56 bits per heavy atom. The number of aromatic nitrogens is 2. The molecule has 2 aliphatic rings. The highest BCUT2D eigenvalue weighted by Crippen LogP contribution is 2.25. The largest absolute Gasteiger partial charge is 0.393 e. The molecule has 0 spiro atoms. The van der Waals surface area contributed by atoms with E-state index in [1.165, 1.54) is 0 Å². The number of fused-ring (bicyclic) bond motifs is 1. The number of ether oxygens (including phenoxy) is 1. The molecule has 0 atom stereocenters. The quantitative estimate of drug-likeness (QED) is 0.566. The number of aliphatic hydroxyl groups excluding tert-OH is 1. The smallest absolute Gasteiger partial charge is 0.259 e. The zero-order chi connectivity index (χ0) is 23.3. The number of benzene rings is 2. The van der Waals surface area contributed by atoms with Gasteiger partial charge in [0.2, 0.25) is 5.95 Å². The summed E-state index contributed by atoms with van der Waals surface area (Å²) >= 11 is 0. The molecule has 2 N–H and O–H groups in total. The zero-order valence-corrected chi connectivity index (χ0v) is 19.4. The van der Waals surface area contributed by atoms with E-state index in [-0.39, 0.29) is 18.1 Å². The van der Waals surface area contributed by atoms with E-state index in [1.807, 2.05) is 42.5 Å². The van der Waals surface area contributed by atoms with Crippen molar-refractivity contribution in [3.8, 4) is 0 Å². The lowest BCUT2D eigenvalue weighted by Crippen LogP contribution is -2.38. The van der Waals surface area contributed by atoms with E-state index < -0.39 is 0 Å². The molecule has 178 valence electrons. The minimum absolute atomic E-state index is 0.0531. The van der Waals surface area contributed by atoms with Crippen molar-refractivity contribution in [2.45, 2.75) is 50.7 Å². The Balaban J connectivity index is 1.41. The molecule has 2 heterocycles. The molecule has 5 rings (SSSR count). The van der Waals surface area contributed by atoms with E-state index >= 15 is 0 Å². The minimum Gasteiger partial charge on any atom is -0.393 e. The van der Waals surface area contributed by atoms with Gasteiger partial charge in [-0.1, -0.05) is 30.3 Å². The second kappa shape index (κ2) is 10.5. The monoisotopic (exact) mass is 460 g/mol. The van der Waals surface area contributed by atoms with Gasteiger partial charge >= 0.3 is 0 Å². The highest BCUT2D eigenvalue weighted by atomic mass is 16.5. The van der Waals surface area contributed by atoms with Gasteiger partial charge in [-0.3, -0.25) is 9.69 Å². The van der Waals surface area contributed by atoms with Crippen LogP contribution in [0.2, 0.25) is 0 Å². The molecule has 1 aliphatic carbocycles. The van der Waals surface area contributed by atoms with Crippen LogP contribution in [0.3, 0.4) is 0 Å². The van der Waals surface area contributed by atoms with Gasteiger partial charge in [-0.25, -0.2) is 4.98 Å². The average Bonchev–Trinajstić information content (AvgIpc) is 2.89. The zero-order valence-electron chi connectivity index (χ0n) is 19.4. The summed E-state index contributed by atoms with van der Waals surface area (Å²) in [6.45, 7) is 2.06. The van der Waals surface area contributed by atoms with Gasteiger partial charge in [0.15, 0.2) is 0 Å². The third kappa shape index (κ3) is 5.37. The summed E-state index contributed by atoms with van der Waals surface area (Å²) in [6, 6.07) is 16.0. The first kappa shape index (κ1) is 22.7. The summed E-state index contributed by atoms with van der Waals surface area (Å²) in [7, 11) is 0. The molecule has 1 saturated carbocycles. The van der Waals surface area contributed by atoms with Crippen LogP contribution in [0.5, 0.6) is 0 Å². The Labute approximate surface area is 200 Å². The van der Waals surface area contributed by atoms with Crippen LogP contribution in [0.4, 0.5) is 11.8 Å². The summed E-state index contributed by atoms with van der Waals surface area (Å²) in [5, 5.41) is 15.4. The molecule has 2 fully saturated rings. The third-order valence-electron chi connectivity index (χ3n) is 6.97. The molecule has 1 saturated heterocycles. The summed E-state index contributed by atoms with van der Waals surface area (Å²) in [5.41, 5.74) is 0.653. The molecule has 0 unspecified atom stereocenters. The van der Waals surface area contributed by atoms with Gasteiger partial charge < -0.3 is 15.2 Å². The molecular formula is C27H32N4O3. The summed E-state index contributed by atoms with van der Waals surface area (Å²) in [6.07, 6.45) is 6.71. The highest BCUT2D eigenvalue weighted by Gasteiger charge is 2.26. The molecule has 0 bridgehead atoms. The van der Waals surface area contributed by atoms with Crippen molar-refractivity contribution < 1.29 is 14.6 Å². The van der Waals surface area contributed by atoms with Gasteiger partial charge in [-0.15, -0.1) is 0 Å². The predicted molar refractivity (Wildman–Crippen MR) is 133 cm³/mol. The Morgan fingerprint density at radius 1 is 1.00 bits per heavy atom. The Hall–Kier alpha value is -3.03. The van der Waals surface area contributed by atoms with Crippen LogP contribution >= 0.6 is 0 Å². The Morgan fingerprint density at radius 2 is 1.76 bits per heavy atom. The number of amides is 1. The topological polar surface area (TPSA) is 87.6 Å². The fourth-order valence-corrected chi connectivity index (χ4v) is 4.92. The maximum absolute atomic E-state index is 13.8. The van der Waals surface area contributed by atoms with E-state index in [0.29, 0.717) is 29.8 Å². The SMILES string of the molecule is O=C(c1ccc2ccccc2c1)N(CC1CCOCC1)c1ccnc(NC2CCC(O)CC2)n1. The first-order valence-corrected chi connectivity index (χ1v) is 12.3. The number of rotatable bonds is 6. The summed E-state index contributed by atoms with van der Waals surface area (Å²) < 4.78 is 5.53. The number of hydrogen-bond acceptors (Lipinski definition) is 6. The van der Waals surface area contributed by atoms with Gasteiger partial charge in [0.05, 0.1) is 6.10 Å². The normalized spacial score (nSPS) is 21.3. The Bertz CT molecular complexity index is 1120. The van der Waals surface area contributed by atoms with Gasteiger partial charge in [0, 0.05) is 37.6 Å². The number of aliphatic hydroxyl groups is 1. The predicted octanol–water partition coefficient (Wildman–Crippen LogP) is 4.42. The van der Waals surface area contributed by atoms with Crippen LogP contribution in [0.1, 0.15) is 48.9 Å². The van der Waals surface area contributed by atoms with E-state index in [0.717, 1.165) is 62.5 Å². The van der Waals surface area contributed by atoms with Gasteiger partial charge in [-0.05, 0) is 73.4 Å². The molecule has 7 nitrogen and oxygen atoms in total. The standard InChI is InChI=1S/C27H32N4O3/c32-24-9-7-23(8-10-24)29-27-28-14-11-25(30-27)31(18-19-12-15-34-16-13-19)26(33)22-6-5-20-3-1-2-4-21(20)17-22/h1-6,11,14,17,19,23-24,32H,7-10,12-13,15-16,18H2,(H,28,29,30). The van der Waals surface area contributed by atoms with Crippen molar-refractivity contribution in [3.05, 3.63) is 60.3 Å². The number of hydrogen-bond donors (Lipinski definition) is 2.